The minimum absolute atomic E-state index is 0.000169. The van der Waals surface area contributed by atoms with Crippen molar-refractivity contribution in [1.82, 2.24) is 10.2 Å². The van der Waals surface area contributed by atoms with Crippen molar-refractivity contribution in [3.05, 3.63) is 93.9 Å². The second-order valence-electron chi connectivity index (χ2n) is 9.27. The number of nitrogens with one attached hydrogen (secondary N) is 1. The van der Waals surface area contributed by atoms with Gasteiger partial charge in [0.15, 0.2) is 0 Å². The Bertz CT molecular complexity index is 1350. The third-order valence-electron chi connectivity index (χ3n) is 5.82. The fourth-order valence-electron chi connectivity index (χ4n) is 3.72. The van der Waals surface area contributed by atoms with Crippen LogP contribution in [0.4, 0.5) is 5.69 Å². The Morgan fingerprint density at radius 2 is 1.61 bits per heavy atom. The lowest BCUT2D eigenvalue weighted by molar-refractivity contribution is -0.139. The molecule has 0 fully saturated rings. The van der Waals surface area contributed by atoms with Crippen molar-refractivity contribution >= 4 is 55.1 Å². The predicted molar refractivity (Wildman–Crippen MR) is 154 cm³/mol. The van der Waals surface area contributed by atoms with Gasteiger partial charge in [-0.2, -0.15) is 0 Å². The first-order chi connectivity index (χ1) is 18.0. The Kier molecular flexibility index (Phi) is 10.4. The van der Waals surface area contributed by atoms with Gasteiger partial charge >= 0.3 is 0 Å². The highest BCUT2D eigenvalue weighted by Crippen LogP contribution is 2.25. The molecule has 3 aromatic carbocycles. The van der Waals surface area contributed by atoms with Crippen LogP contribution < -0.4 is 9.62 Å². The molecule has 0 heterocycles. The van der Waals surface area contributed by atoms with E-state index in [9.17, 15) is 18.0 Å². The lowest BCUT2D eigenvalue weighted by atomic mass is 10.1. The molecule has 2 amide bonds. The third-order valence-corrected chi connectivity index (χ3v) is 8.35. The average molecular weight is 621 g/mol. The first kappa shape index (κ1) is 29.7. The molecule has 0 aliphatic carbocycles. The van der Waals surface area contributed by atoms with E-state index in [1.165, 1.54) is 29.2 Å². The lowest BCUT2D eigenvalue weighted by Gasteiger charge is -2.32. The van der Waals surface area contributed by atoms with Crippen LogP contribution in [-0.2, 0) is 26.2 Å². The number of nitrogens with zero attached hydrogens (tertiary/aromatic N) is 2. The van der Waals surface area contributed by atoms with Gasteiger partial charge in [-0.1, -0.05) is 71.7 Å². The van der Waals surface area contributed by atoms with Crippen LogP contribution in [0.3, 0.4) is 0 Å². The molecule has 7 nitrogen and oxygen atoms in total. The van der Waals surface area contributed by atoms with E-state index in [-0.39, 0.29) is 23.3 Å². The van der Waals surface area contributed by atoms with Crippen LogP contribution >= 0.6 is 27.5 Å². The summed E-state index contributed by atoms with van der Waals surface area (Å²) in [5, 5.41) is 3.27. The van der Waals surface area contributed by atoms with Crippen LogP contribution in [0.25, 0.3) is 0 Å². The van der Waals surface area contributed by atoms with E-state index in [1.807, 2.05) is 38.1 Å². The van der Waals surface area contributed by atoms with E-state index in [2.05, 4.69) is 21.2 Å². The second-order valence-corrected chi connectivity index (χ2v) is 12.5. The van der Waals surface area contributed by atoms with Gasteiger partial charge in [-0.05, 0) is 66.9 Å². The maximum Gasteiger partial charge on any atom is 0.264 e. The van der Waals surface area contributed by atoms with Gasteiger partial charge in [-0.15, -0.1) is 0 Å². The van der Waals surface area contributed by atoms with Crippen LogP contribution in [-0.4, -0.2) is 44.3 Å². The first-order valence-electron chi connectivity index (χ1n) is 12.1. The molecule has 0 aliphatic heterocycles. The fraction of sp³-hybridized carbons (Fsp3) is 0.286. The molecule has 1 atom stereocenters. The summed E-state index contributed by atoms with van der Waals surface area (Å²) in [6, 6.07) is 20.8. The number of carbonyl (C=O) groups is 2. The monoisotopic (exact) mass is 619 g/mol. The topological polar surface area (TPSA) is 86.8 Å². The average Bonchev–Trinajstić information content (AvgIpc) is 2.89. The lowest BCUT2D eigenvalue weighted by Crippen LogP contribution is -2.51. The second kappa shape index (κ2) is 13.3. The number of benzene rings is 3. The number of hydrogen-bond donors (Lipinski definition) is 1. The minimum atomic E-state index is -4.13. The van der Waals surface area contributed by atoms with Crippen LogP contribution in [0.2, 0.25) is 5.02 Å². The van der Waals surface area contributed by atoms with E-state index in [4.69, 9.17) is 11.6 Å². The van der Waals surface area contributed by atoms with Gasteiger partial charge in [0.05, 0.1) is 10.6 Å². The molecule has 38 heavy (non-hydrogen) atoms. The van der Waals surface area contributed by atoms with Crippen molar-refractivity contribution in [2.24, 2.45) is 5.92 Å². The number of amides is 2. The molecule has 0 bridgehead atoms. The van der Waals surface area contributed by atoms with Gasteiger partial charge in [0.25, 0.3) is 10.0 Å². The number of rotatable bonds is 11. The summed E-state index contributed by atoms with van der Waals surface area (Å²) in [4.78, 5) is 28.2. The highest BCUT2D eigenvalue weighted by Gasteiger charge is 2.32. The number of anilines is 1. The van der Waals surface area contributed by atoms with Crippen molar-refractivity contribution in [1.29, 1.82) is 0 Å². The molecule has 0 aromatic heterocycles. The third kappa shape index (κ3) is 7.82. The van der Waals surface area contributed by atoms with Crippen LogP contribution in [0.1, 0.15) is 26.3 Å². The molecule has 3 aromatic rings. The maximum absolute atomic E-state index is 13.8. The van der Waals surface area contributed by atoms with E-state index in [0.29, 0.717) is 17.3 Å². The summed E-state index contributed by atoms with van der Waals surface area (Å²) in [5.74, 6) is -0.592. The maximum atomic E-state index is 13.8. The number of halogens is 2. The molecule has 0 unspecified atom stereocenters. The molecule has 10 heteroatoms. The zero-order valence-electron chi connectivity index (χ0n) is 21.5. The summed E-state index contributed by atoms with van der Waals surface area (Å²) < 4.78 is 29.3. The zero-order chi connectivity index (χ0) is 27.9. The molecule has 0 saturated heterocycles. The highest BCUT2D eigenvalue weighted by atomic mass is 79.9. The fourth-order valence-corrected chi connectivity index (χ4v) is 5.71. The highest BCUT2D eigenvalue weighted by molar-refractivity contribution is 9.10. The molecule has 0 spiro atoms. The summed E-state index contributed by atoms with van der Waals surface area (Å²) >= 11 is 9.42. The molecule has 0 radical (unpaired) electrons. The van der Waals surface area contributed by atoms with Crippen molar-refractivity contribution in [3.63, 3.8) is 0 Å². The van der Waals surface area contributed by atoms with Crippen molar-refractivity contribution < 1.29 is 18.0 Å². The SMILES string of the molecule is CC(C)CNC(=O)[C@H](C)N(Cc1cccc(Br)c1)C(=O)CN(c1ccccc1)S(=O)(=O)c1ccc(Cl)cc1. The van der Waals surface area contributed by atoms with E-state index < -0.39 is 28.5 Å². The van der Waals surface area contributed by atoms with Gasteiger partial charge in [-0.3, -0.25) is 13.9 Å². The Morgan fingerprint density at radius 3 is 2.21 bits per heavy atom. The Hall–Kier alpha value is -2.88. The minimum Gasteiger partial charge on any atom is -0.354 e. The number of hydrogen-bond acceptors (Lipinski definition) is 4. The largest absolute Gasteiger partial charge is 0.354 e. The normalized spacial score (nSPS) is 12.2. The van der Waals surface area contributed by atoms with Crippen molar-refractivity contribution in [3.8, 4) is 0 Å². The standard InChI is InChI=1S/C28H31BrClN3O4S/c1-20(2)17-31-28(35)21(3)32(18-22-8-7-9-23(29)16-22)27(34)19-33(25-10-5-4-6-11-25)38(36,37)26-14-12-24(30)13-15-26/h4-16,20-21H,17-19H2,1-3H3,(H,31,35)/t21-/m0/s1. The van der Waals surface area contributed by atoms with Gasteiger partial charge < -0.3 is 10.2 Å². The number of sulfonamides is 1. The molecular formula is C28H31BrClN3O4S. The first-order valence-corrected chi connectivity index (χ1v) is 14.7. The zero-order valence-corrected chi connectivity index (χ0v) is 24.6. The van der Waals surface area contributed by atoms with E-state index >= 15 is 0 Å². The van der Waals surface area contributed by atoms with Crippen LogP contribution in [0.5, 0.6) is 0 Å². The summed E-state index contributed by atoms with van der Waals surface area (Å²) in [6.07, 6.45) is 0. The van der Waals surface area contributed by atoms with Gasteiger partial charge in [0.1, 0.15) is 12.6 Å². The van der Waals surface area contributed by atoms with E-state index in [0.717, 1.165) is 14.3 Å². The number of carbonyl (C=O) groups excluding carboxylic acids is 2. The molecule has 202 valence electrons. The van der Waals surface area contributed by atoms with Gasteiger partial charge in [0.2, 0.25) is 11.8 Å². The summed E-state index contributed by atoms with van der Waals surface area (Å²) in [6.45, 7) is 5.70. The van der Waals surface area contributed by atoms with Gasteiger partial charge in [-0.25, -0.2) is 8.42 Å². The van der Waals surface area contributed by atoms with Crippen LogP contribution in [0.15, 0.2) is 88.2 Å². The molecule has 0 saturated carbocycles. The Morgan fingerprint density at radius 1 is 0.947 bits per heavy atom. The molecule has 1 N–H and O–H groups in total. The molecular weight excluding hydrogens is 590 g/mol. The summed E-state index contributed by atoms with van der Waals surface area (Å²) in [7, 11) is -4.13. The van der Waals surface area contributed by atoms with Crippen molar-refractivity contribution in [2.75, 3.05) is 17.4 Å². The summed E-state index contributed by atoms with van der Waals surface area (Å²) in [5.41, 5.74) is 1.12. The Balaban J connectivity index is 1.98. The van der Waals surface area contributed by atoms with E-state index in [1.54, 1.807) is 37.3 Å². The smallest absolute Gasteiger partial charge is 0.264 e. The van der Waals surface area contributed by atoms with Crippen LogP contribution in [0, 0.1) is 5.92 Å². The number of para-hydroxylation sites is 1. The molecule has 3 rings (SSSR count). The van der Waals surface area contributed by atoms with Crippen molar-refractivity contribution in [2.45, 2.75) is 38.3 Å². The quantitative estimate of drug-likeness (QED) is 0.307. The predicted octanol–water partition coefficient (Wildman–Crippen LogP) is 5.49. The molecule has 0 aliphatic rings. The van der Waals surface area contributed by atoms with Gasteiger partial charge in [0, 0.05) is 22.6 Å². The Labute approximate surface area is 238 Å².